The van der Waals surface area contributed by atoms with Gasteiger partial charge in [-0.1, -0.05) is 42.3 Å². The Labute approximate surface area is 150 Å². The Balaban J connectivity index is 1.97. The molecule has 0 unspecified atom stereocenters. The normalized spacial score (nSPS) is 10.9. The summed E-state index contributed by atoms with van der Waals surface area (Å²) in [6.45, 7) is 2.07. The minimum absolute atomic E-state index is 0.185. The van der Waals surface area contributed by atoms with Gasteiger partial charge in [-0.25, -0.2) is 5.43 Å². The number of hydrogen-bond donors (Lipinski definition) is 1. The van der Waals surface area contributed by atoms with Gasteiger partial charge in [0, 0.05) is 14.9 Å². The number of carbonyl (C=O) groups excluding carboxylic acids is 1. The maximum atomic E-state index is 12.0. The molecule has 0 radical (unpaired) electrons. The quantitative estimate of drug-likeness (QED) is 0.453. The fraction of sp³-hybridized carbons (Fsp3) is 0.176. The molecule has 0 fully saturated rings. The fourth-order valence-corrected chi connectivity index (χ4v) is 3.04. The van der Waals surface area contributed by atoms with Crippen LogP contribution in [0, 0.1) is 0 Å². The van der Waals surface area contributed by atoms with Gasteiger partial charge in [0.1, 0.15) is 0 Å². The first-order valence-corrected chi connectivity index (χ1v) is 8.81. The van der Waals surface area contributed by atoms with Crippen LogP contribution in [0.15, 0.2) is 52.5 Å². The number of carbonyl (C=O) groups is 1. The second-order valence-electron chi connectivity index (χ2n) is 4.71. The third-order valence-electron chi connectivity index (χ3n) is 2.95. The largest absolute Gasteiger partial charge is 0.273 e. The maximum Gasteiger partial charge on any atom is 0.244 e. The number of hydrazone groups is 1. The molecule has 0 bridgehead atoms. The van der Waals surface area contributed by atoms with Crippen molar-refractivity contribution in [2.24, 2.45) is 5.10 Å². The van der Waals surface area contributed by atoms with Gasteiger partial charge in [-0.3, -0.25) is 4.79 Å². The zero-order chi connectivity index (χ0) is 16.7. The van der Waals surface area contributed by atoms with Crippen LogP contribution in [-0.4, -0.2) is 17.9 Å². The highest BCUT2D eigenvalue weighted by Crippen LogP contribution is 2.26. The summed E-state index contributed by atoms with van der Waals surface area (Å²) in [7, 11) is 0. The number of hydrogen-bond acceptors (Lipinski definition) is 3. The van der Waals surface area contributed by atoms with Crippen molar-refractivity contribution in [2.75, 3.05) is 5.75 Å². The van der Waals surface area contributed by atoms with Crippen LogP contribution in [0.5, 0.6) is 0 Å². The molecule has 120 valence electrons. The van der Waals surface area contributed by atoms with Gasteiger partial charge in [0.2, 0.25) is 5.91 Å². The van der Waals surface area contributed by atoms with Crippen molar-refractivity contribution in [3.8, 4) is 0 Å². The molecule has 6 heteroatoms. The first kappa shape index (κ1) is 17.9. The molecule has 0 saturated carbocycles. The van der Waals surface area contributed by atoms with Crippen LogP contribution in [0.2, 0.25) is 10.0 Å². The fourth-order valence-electron chi connectivity index (χ4n) is 1.92. The monoisotopic (exact) mass is 366 g/mol. The van der Waals surface area contributed by atoms with Crippen LogP contribution < -0.4 is 5.43 Å². The van der Waals surface area contributed by atoms with Crippen LogP contribution in [0.25, 0.3) is 0 Å². The first-order valence-electron chi connectivity index (χ1n) is 7.07. The van der Waals surface area contributed by atoms with Crippen molar-refractivity contribution < 1.29 is 4.79 Å². The SMILES string of the molecule is CCSc1ccc(Cl)cc1CC(=O)N/N=C\c1ccc(Cl)cc1. The van der Waals surface area contributed by atoms with Gasteiger partial charge in [-0.2, -0.15) is 5.10 Å². The molecule has 2 aromatic rings. The van der Waals surface area contributed by atoms with E-state index in [-0.39, 0.29) is 12.3 Å². The Hall–Kier alpha value is -1.49. The zero-order valence-corrected chi connectivity index (χ0v) is 14.9. The predicted octanol–water partition coefficient (Wildman–Crippen LogP) is 4.80. The highest BCUT2D eigenvalue weighted by molar-refractivity contribution is 7.99. The molecule has 2 rings (SSSR count). The van der Waals surface area contributed by atoms with Crippen molar-refractivity contribution in [1.82, 2.24) is 5.43 Å². The van der Waals surface area contributed by atoms with E-state index in [9.17, 15) is 4.79 Å². The van der Waals surface area contributed by atoms with Crippen LogP contribution in [0.4, 0.5) is 0 Å². The molecule has 0 aliphatic heterocycles. The lowest BCUT2D eigenvalue weighted by Crippen LogP contribution is -2.20. The summed E-state index contributed by atoms with van der Waals surface area (Å²) in [6.07, 6.45) is 1.81. The molecule has 0 heterocycles. The topological polar surface area (TPSA) is 41.5 Å². The number of thioether (sulfide) groups is 1. The molecule has 23 heavy (non-hydrogen) atoms. The Morgan fingerprint density at radius 3 is 2.57 bits per heavy atom. The summed E-state index contributed by atoms with van der Waals surface area (Å²) in [5.41, 5.74) is 4.30. The minimum atomic E-state index is -0.185. The van der Waals surface area contributed by atoms with Crippen molar-refractivity contribution in [2.45, 2.75) is 18.2 Å². The van der Waals surface area contributed by atoms with E-state index in [0.29, 0.717) is 10.0 Å². The molecule has 0 atom stereocenters. The van der Waals surface area contributed by atoms with Crippen molar-refractivity contribution >= 4 is 47.1 Å². The van der Waals surface area contributed by atoms with Gasteiger partial charge in [-0.05, 0) is 47.2 Å². The Kier molecular flexibility index (Phi) is 6.96. The predicted molar refractivity (Wildman–Crippen MR) is 98.7 cm³/mol. The molecule has 0 aliphatic rings. The summed E-state index contributed by atoms with van der Waals surface area (Å²) >= 11 is 13.5. The molecule has 1 N–H and O–H groups in total. The number of rotatable bonds is 6. The van der Waals surface area contributed by atoms with E-state index in [4.69, 9.17) is 23.2 Å². The average molecular weight is 367 g/mol. The average Bonchev–Trinajstić information content (AvgIpc) is 2.52. The minimum Gasteiger partial charge on any atom is -0.273 e. The lowest BCUT2D eigenvalue weighted by atomic mass is 10.1. The van der Waals surface area contributed by atoms with Crippen LogP contribution >= 0.6 is 35.0 Å². The molecule has 0 aromatic heterocycles. The molecule has 0 aliphatic carbocycles. The number of nitrogens with zero attached hydrogens (tertiary/aromatic N) is 1. The van der Waals surface area contributed by atoms with Gasteiger partial charge < -0.3 is 0 Å². The van der Waals surface area contributed by atoms with Gasteiger partial charge >= 0.3 is 0 Å². The van der Waals surface area contributed by atoms with Gasteiger partial charge in [0.05, 0.1) is 12.6 Å². The lowest BCUT2D eigenvalue weighted by molar-refractivity contribution is -0.120. The summed E-state index contributed by atoms with van der Waals surface area (Å²) < 4.78 is 0. The van der Waals surface area contributed by atoms with Crippen molar-refractivity contribution in [3.05, 3.63) is 63.6 Å². The van der Waals surface area contributed by atoms with Crippen LogP contribution in [0.1, 0.15) is 18.1 Å². The number of halogens is 2. The van der Waals surface area contributed by atoms with Gasteiger partial charge in [0.25, 0.3) is 0 Å². The van der Waals surface area contributed by atoms with E-state index in [1.165, 1.54) is 0 Å². The molecule has 1 amide bonds. The van der Waals surface area contributed by atoms with Crippen LogP contribution in [0.3, 0.4) is 0 Å². The number of amides is 1. The zero-order valence-electron chi connectivity index (χ0n) is 12.6. The summed E-state index contributed by atoms with van der Waals surface area (Å²) in [5.74, 6) is 0.751. The molecule has 0 saturated heterocycles. The first-order chi connectivity index (χ1) is 11.1. The Morgan fingerprint density at radius 1 is 1.17 bits per heavy atom. The molecule has 0 spiro atoms. The number of nitrogens with one attached hydrogen (secondary N) is 1. The van der Waals surface area contributed by atoms with Crippen molar-refractivity contribution in [1.29, 1.82) is 0 Å². The van der Waals surface area contributed by atoms with E-state index in [1.807, 2.05) is 30.3 Å². The maximum absolute atomic E-state index is 12.0. The molecule has 3 nitrogen and oxygen atoms in total. The van der Waals surface area contributed by atoms with Crippen LogP contribution in [-0.2, 0) is 11.2 Å². The summed E-state index contributed by atoms with van der Waals surface area (Å²) in [6, 6.07) is 12.8. The Bertz CT molecular complexity index is 702. The van der Waals surface area contributed by atoms with E-state index in [0.717, 1.165) is 21.8 Å². The smallest absolute Gasteiger partial charge is 0.244 e. The van der Waals surface area contributed by atoms with Crippen molar-refractivity contribution in [3.63, 3.8) is 0 Å². The van der Waals surface area contributed by atoms with E-state index in [2.05, 4.69) is 17.5 Å². The number of benzene rings is 2. The van der Waals surface area contributed by atoms with E-state index < -0.39 is 0 Å². The summed E-state index contributed by atoms with van der Waals surface area (Å²) in [5, 5.41) is 5.24. The second-order valence-corrected chi connectivity index (χ2v) is 6.89. The standard InChI is InChI=1S/C17H16Cl2N2OS/c1-2-23-16-8-7-15(19)9-13(16)10-17(22)21-20-11-12-3-5-14(18)6-4-12/h3-9,11H,2,10H2,1H3,(H,21,22)/b20-11-. The lowest BCUT2D eigenvalue weighted by Gasteiger charge is -2.08. The van der Waals surface area contributed by atoms with E-state index >= 15 is 0 Å². The third-order valence-corrected chi connectivity index (χ3v) is 4.43. The van der Waals surface area contributed by atoms with Gasteiger partial charge in [0.15, 0.2) is 0 Å². The Morgan fingerprint density at radius 2 is 1.87 bits per heavy atom. The highest BCUT2D eigenvalue weighted by atomic mass is 35.5. The van der Waals surface area contributed by atoms with Gasteiger partial charge in [-0.15, -0.1) is 11.8 Å². The second kappa shape index (κ2) is 8.96. The summed E-state index contributed by atoms with van der Waals surface area (Å²) in [4.78, 5) is 13.1. The van der Waals surface area contributed by atoms with E-state index in [1.54, 1.807) is 30.1 Å². The highest BCUT2D eigenvalue weighted by Gasteiger charge is 2.08. The molecular weight excluding hydrogens is 351 g/mol. The third kappa shape index (κ3) is 5.90. The molecular formula is C17H16Cl2N2OS. The molecule has 2 aromatic carbocycles.